The molecule has 1 aliphatic heterocycles. The van der Waals surface area contributed by atoms with E-state index in [4.69, 9.17) is 4.98 Å². The largest absolute Gasteiger partial charge is 0.352 e. The summed E-state index contributed by atoms with van der Waals surface area (Å²) in [6.07, 6.45) is 1.43. The van der Waals surface area contributed by atoms with Crippen molar-refractivity contribution in [2.45, 2.75) is 25.9 Å². The van der Waals surface area contributed by atoms with Gasteiger partial charge >= 0.3 is 0 Å². The maximum atomic E-state index is 13.9. The molecule has 1 saturated heterocycles. The normalized spacial score (nSPS) is 15.9. The average molecular weight is 495 g/mol. The SMILES string of the molecule is O=C(NCc1ccc(F)cc1F)[C@H]1CCCN(c2nc3ccsc3c(=O)n2Cc2ccccc2)C1. The van der Waals surface area contributed by atoms with Crippen molar-refractivity contribution in [3.8, 4) is 0 Å². The van der Waals surface area contributed by atoms with Crippen molar-refractivity contribution in [3.63, 3.8) is 0 Å². The molecule has 2 aromatic carbocycles. The Morgan fingerprint density at radius 1 is 1.14 bits per heavy atom. The molecule has 35 heavy (non-hydrogen) atoms. The molecule has 0 bridgehead atoms. The van der Waals surface area contributed by atoms with Crippen LogP contribution in [0.4, 0.5) is 14.7 Å². The molecule has 180 valence electrons. The molecular formula is C26H24F2N4O2S. The van der Waals surface area contributed by atoms with Crippen molar-refractivity contribution < 1.29 is 13.6 Å². The molecule has 1 aliphatic rings. The van der Waals surface area contributed by atoms with Crippen LogP contribution in [0.5, 0.6) is 0 Å². The third-order valence-corrected chi connectivity index (χ3v) is 7.16. The first-order chi connectivity index (χ1) is 17.0. The van der Waals surface area contributed by atoms with Crippen molar-refractivity contribution in [2.75, 3.05) is 18.0 Å². The minimum Gasteiger partial charge on any atom is -0.352 e. The van der Waals surface area contributed by atoms with Crippen LogP contribution in [0.15, 0.2) is 64.8 Å². The Balaban J connectivity index is 1.38. The predicted molar refractivity (Wildman–Crippen MR) is 133 cm³/mol. The Bertz CT molecular complexity index is 1420. The molecule has 0 spiro atoms. The summed E-state index contributed by atoms with van der Waals surface area (Å²) in [6, 6.07) is 14.9. The molecule has 4 aromatic rings. The van der Waals surface area contributed by atoms with E-state index in [-0.39, 0.29) is 29.5 Å². The van der Waals surface area contributed by atoms with Gasteiger partial charge in [-0.05, 0) is 35.9 Å². The molecule has 9 heteroatoms. The van der Waals surface area contributed by atoms with Crippen LogP contribution in [0.1, 0.15) is 24.0 Å². The van der Waals surface area contributed by atoms with Gasteiger partial charge in [-0.1, -0.05) is 36.4 Å². The minimum atomic E-state index is -0.686. The number of halogens is 2. The molecule has 1 N–H and O–H groups in total. The summed E-state index contributed by atoms with van der Waals surface area (Å²) < 4.78 is 29.4. The molecule has 5 rings (SSSR count). The number of nitrogens with one attached hydrogen (secondary N) is 1. The topological polar surface area (TPSA) is 67.2 Å². The standard InChI is InChI=1S/C26H24F2N4O2S/c27-20-9-8-18(21(28)13-20)14-29-24(33)19-7-4-11-31(16-19)26-30-22-10-12-35-23(22)25(34)32(26)15-17-5-2-1-3-6-17/h1-3,5-6,8-10,12-13,19H,4,7,11,14-16H2,(H,29,33)/t19-/m0/s1. The zero-order chi connectivity index (χ0) is 24.4. The van der Waals surface area contributed by atoms with Crippen molar-refractivity contribution >= 4 is 33.4 Å². The molecular weight excluding hydrogens is 470 g/mol. The van der Waals surface area contributed by atoms with Crippen LogP contribution in [0.3, 0.4) is 0 Å². The molecule has 3 heterocycles. The monoisotopic (exact) mass is 494 g/mol. The van der Waals surface area contributed by atoms with Gasteiger partial charge in [-0.25, -0.2) is 13.8 Å². The molecule has 0 saturated carbocycles. The lowest BCUT2D eigenvalue weighted by molar-refractivity contribution is -0.125. The zero-order valence-electron chi connectivity index (χ0n) is 18.9. The second kappa shape index (κ2) is 9.95. The number of benzene rings is 2. The number of carbonyl (C=O) groups excluding carboxylic acids is 1. The quantitative estimate of drug-likeness (QED) is 0.434. The Labute approximate surface area is 204 Å². The van der Waals surface area contributed by atoms with Gasteiger partial charge in [0.15, 0.2) is 0 Å². The van der Waals surface area contributed by atoms with E-state index in [1.165, 1.54) is 23.5 Å². The Kier molecular flexibility index (Phi) is 6.59. The van der Waals surface area contributed by atoms with Crippen LogP contribution < -0.4 is 15.8 Å². The smallest absolute Gasteiger partial charge is 0.273 e. The fourth-order valence-corrected chi connectivity index (χ4v) is 5.22. The van der Waals surface area contributed by atoms with Gasteiger partial charge < -0.3 is 10.2 Å². The van der Waals surface area contributed by atoms with Crippen LogP contribution >= 0.6 is 11.3 Å². The fourth-order valence-electron chi connectivity index (χ4n) is 4.45. The summed E-state index contributed by atoms with van der Waals surface area (Å²) in [6.45, 7) is 1.44. The van der Waals surface area contributed by atoms with Crippen LogP contribution in [-0.4, -0.2) is 28.5 Å². The van der Waals surface area contributed by atoms with E-state index in [9.17, 15) is 18.4 Å². The first kappa shape index (κ1) is 23.2. The highest BCUT2D eigenvalue weighted by Gasteiger charge is 2.29. The van der Waals surface area contributed by atoms with Gasteiger partial charge in [0.25, 0.3) is 5.56 Å². The number of piperidine rings is 1. The van der Waals surface area contributed by atoms with Crippen molar-refractivity contribution in [2.24, 2.45) is 5.92 Å². The highest BCUT2D eigenvalue weighted by molar-refractivity contribution is 7.17. The van der Waals surface area contributed by atoms with Gasteiger partial charge in [-0.15, -0.1) is 11.3 Å². The number of fused-ring (bicyclic) bond motifs is 1. The number of carbonyl (C=O) groups is 1. The Morgan fingerprint density at radius 2 is 1.97 bits per heavy atom. The van der Waals surface area contributed by atoms with Gasteiger partial charge in [0, 0.05) is 31.3 Å². The van der Waals surface area contributed by atoms with E-state index in [2.05, 4.69) is 5.32 Å². The van der Waals surface area contributed by atoms with Gasteiger partial charge in [0.05, 0.1) is 18.0 Å². The van der Waals surface area contributed by atoms with E-state index >= 15 is 0 Å². The van der Waals surface area contributed by atoms with Gasteiger partial charge in [-0.3, -0.25) is 14.2 Å². The van der Waals surface area contributed by atoms with E-state index in [0.29, 0.717) is 42.2 Å². The number of rotatable bonds is 6. The van der Waals surface area contributed by atoms with Gasteiger partial charge in [0.1, 0.15) is 16.3 Å². The lowest BCUT2D eigenvalue weighted by Crippen LogP contribution is -2.45. The summed E-state index contributed by atoms with van der Waals surface area (Å²) >= 11 is 1.37. The predicted octanol–water partition coefficient (Wildman–Crippen LogP) is 4.32. The summed E-state index contributed by atoms with van der Waals surface area (Å²) in [5.74, 6) is -1.34. The van der Waals surface area contributed by atoms with E-state index in [1.807, 2.05) is 46.7 Å². The van der Waals surface area contributed by atoms with Crippen LogP contribution in [-0.2, 0) is 17.9 Å². The summed E-state index contributed by atoms with van der Waals surface area (Å²) in [7, 11) is 0. The molecule has 0 aliphatic carbocycles. The number of amides is 1. The van der Waals surface area contributed by atoms with E-state index in [0.717, 1.165) is 18.1 Å². The van der Waals surface area contributed by atoms with E-state index < -0.39 is 11.6 Å². The lowest BCUT2D eigenvalue weighted by Gasteiger charge is -2.34. The van der Waals surface area contributed by atoms with Crippen LogP contribution in [0.25, 0.3) is 10.2 Å². The summed E-state index contributed by atoms with van der Waals surface area (Å²) in [5.41, 5.74) is 1.77. The highest BCUT2D eigenvalue weighted by atomic mass is 32.1. The molecule has 1 amide bonds. The first-order valence-corrected chi connectivity index (χ1v) is 12.4. The van der Waals surface area contributed by atoms with E-state index in [1.54, 1.807) is 4.57 Å². The maximum Gasteiger partial charge on any atom is 0.273 e. The van der Waals surface area contributed by atoms with Crippen molar-refractivity contribution in [3.05, 3.63) is 93.1 Å². The minimum absolute atomic E-state index is 0.0146. The third kappa shape index (κ3) is 4.95. The lowest BCUT2D eigenvalue weighted by atomic mass is 9.97. The second-order valence-electron chi connectivity index (χ2n) is 8.66. The first-order valence-electron chi connectivity index (χ1n) is 11.5. The number of nitrogens with zero attached hydrogens (tertiary/aromatic N) is 3. The van der Waals surface area contributed by atoms with Crippen molar-refractivity contribution in [1.82, 2.24) is 14.9 Å². The molecule has 2 aromatic heterocycles. The van der Waals surface area contributed by atoms with Crippen LogP contribution in [0, 0.1) is 17.6 Å². The molecule has 6 nitrogen and oxygen atoms in total. The Morgan fingerprint density at radius 3 is 2.77 bits per heavy atom. The molecule has 1 fully saturated rings. The molecule has 0 unspecified atom stereocenters. The number of aromatic nitrogens is 2. The van der Waals surface area contributed by atoms with Gasteiger partial charge in [0.2, 0.25) is 11.9 Å². The third-order valence-electron chi connectivity index (χ3n) is 6.27. The van der Waals surface area contributed by atoms with Gasteiger partial charge in [-0.2, -0.15) is 0 Å². The number of hydrogen-bond donors (Lipinski definition) is 1. The number of hydrogen-bond acceptors (Lipinski definition) is 5. The summed E-state index contributed by atoms with van der Waals surface area (Å²) in [4.78, 5) is 33.1. The number of anilines is 1. The highest BCUT2D eigenvalue weighted by Crippen LogP contribution is 2.25. The summed E-state index contributed by atoms with van der Waals surface area (Å²) in [5, 5.41) is 4.63. The maximum absolute atomic E-state index is 13.9. The number of thiophene rings is 1. The zero-order valence-corrected chi connectivity index (χ0v) is 19.7. The van der Waals surface area contributed by atoms with Crippen LogP contribution in [0.2, 0.25) is 0 Å². The molecule has 1 atom stereocenters. The fraction of sp³-hybridized carbons (Fsp3) is 0.269. The average Bonchev–Trinajstić information content (AvgIpc) is 3.35. The second-order valence-corrected chi connectivity index (χ2v) is 9.58. The Hall–Kier alpha value is -3.59. The van der Waals surface area contributed by atoms with Crippen molar-refractivity contribution in [1.29, 1.82) is 0 Å². The molecule has 0 radical (unpaired) electrons.